The van der Waals surface area contributed by atoms with Crippen LogP contribution in [0.2, 0.25) is 5.02 Å². The molecule has 1 aliphatic heterocycles. The Balaban J connectivity index is 2.02. The van der Waals surface area contributed by atoms with E-state index in [0.29, 0.717) is 18.7 Å². The van der Waals surface area contributed by atoms with Crippen molar-refractivity contribution in [1.29, 1.82) is 0 Å². The first-order valence-electron chi connectivity index (χ1n) is 5.59. The Morgan fingerprint density at radius 1 is 1.50 bits per heavy atom. The van der Waals surface area contributed by atoms with E-state index < -0.39 is 5.82 Å². The number of halogens is 2. The molecule has 0 aromatic heterocycles. The first kappa shape index (κ1) is 12.8. The summed E-state index contributed by atoms with van der Waals surface area (Å²) in [5, 5.41) is 5.24. The molecule has 6 heteroatoms. The van der Waals surface area contributed by atoms with Crippen molar-refractivity contribution in [1.82, 2.24) is 5.32 Å². The van der Waals surface area contributed by atoms with E-state index in [4.69, 9.17) is 11.6 Å². The third kappa shape index (κ3) is 2.98. The van der Waals surface area contributed by atoms with Gasteiger partial charge in [-0.2, -0.15) is 0 Å². The van der Waals surface area contributed by atoms with Crippen LogP contribution in [0.3, 0.4) is 0 Å². The van der Waals surface area contributed by atoms with Crippen molar-refractivity contribution in [3.05, 3.63) is 29.0 Å². The highest BCUT2D eigenvalue weighted by molar-refractivity contribution is 6.31. The predicted octanol–water partition coefficient (Wildman–Crippen LogP) is 1.94. The van der Waals surface area contributed by atoms with Crippen molar-refractivity contribution in [2.24, 2.45) is 5.92 Å². The van der Waals surface area contributed by atoms with Gasteiger partial charge in [-0.1, -0.05) is 11.6 Å². The Morgan fingerprint density at radius 2 is 2.28 bits per heavy atom. The summed E-state index contributed by atoms with van der Waals surface area (Å²) in [6.45, 7) is 0.501. The summed E-state index contributed by atoms with van der Waals surface area (Å²) in [6.07, 6.45) is 0.785. The predicted molar refractivity (Wildman–Crippen MR) is 65.8 cm³/mol. The van der Waals surface area contributed by atoms with Crippen LogP contribution < -0.4 is 10.6 Å². The molecule has 0 radical (unpaired) electrons. The minimum atomic E-state index is -0.535. The molecule has 0 saturated carbocycles. The smallest absolute Gasteiger partial charge is 0.228 e. The van der Waals surface area contributed by atoms with E-state index in [2.05, 4.69) is 10.6 Å². The number of nitrogens with one attached hydrogen (secondary N) is 2. The maximum absolute atomic E-state index is 12.9. The van der Waals surface area contributed by atoms with Gasteiger partial charge in [-0.05, 0) is 24.6 Å². The summed E-state index contributed by atoms with van der Waals surface area (Å²) in [7, 11) is 0. The van der Waals surface area contributed by atoms with E-state index in [9.17, 15) is 14.0 Å². The lowest BCUT2D eigenvalue weighted by molar-refractivity contribution is -0.129. The number of carbonyl (C=O) groups excluding carboxylic acids is 2. The molecule has 1 aromatic carbocycles. The fraction of sp³-hybridized carbons (Fsp3) is 0.333. The van der Waals surface area contributed by atoms with Crippen LogP contribution in [-0.2, 0) is 9.59 Å². The van der Waals surface area contributed by atoms with Gasteiger partial charge >= 0.3 is 0 Å². The molecular formula is C12H12ClFN2O2. The Kier molecular flexibility index (Phi) is 3.81. The van der Waals surface area contributed by atoms with Gasteiger partial charge in [-0.3, -0.25) is 9.59 Å². The van der Waals surface area contributed by atoms with Gasteiger partial charge in [0.25, 0.3) is 0 Å². The standard InChI is InChI=1S/C12H12ClFN2O2/c13-9-6-8(1-2-10(9)14)16-12(18)7-3-4-15-11(17)5-7/h1-2,6-7H,3-5H2,(H,15,17)(H,16,18). The molecule has 1 saturated heterocycles. The van der Waals surface area contributed by atoms with E-state index >= 15 is 0 Å². The zero-order valence-corrected chi connectivity index (χ0v) is 10.3. The number of piperidine rings is 1. The lowest BCUT2D eigenvalue weighted by Crippen LogP contribution is -2.38. The molecule has 4 nitrogen and oxygen atoms in total. The summed E-state index contributed by atoms with van der Waals surface area (Å²) in [6, 6.07) is 3.96. The largest absolute Gasteiger partial charge is 0.356 e. The number of hydrogen-bond acceptors (Lipinski definition) is 2. The second-order valence-electron chi connectivity index (χ2n) is 4.16. The monoisotopic (exact) mass is 270 g/mol. The number of hydrogen-bond donors (Lipinski definition) is 2. The maximum Gasteiger partial charge on any atom is 0.228 e. The molecule has 0 spiro atoms. The highest BCUT2D eigenvalue weighted by atomic mass is 35.5. The van der Waals surface area contributed by atoms with Crippen LogP contribution in [0.4, 0.5) is 10.1 Å². The second kappa shape index (κ2) is 5.35. The lowest BCUT2D eigenvalue weighted by Gasteiger charge is -2.21. The molecule has 1 heterocycles. The van der Waals surface area contributed by atoms with Crippen LogP contribution in [0.25, 0.3) is 0 Å². The number of carbonyl (C=O) groups is 2. The van der Waals surface area contributed by atoms with E-state index in [1.807, 2.05) is 0 Å². The fourth-order valence-corrected chi connectivity index (χ4v) is 2.01. The van der Waals surface area contributed by atoms with Gasteiger partial charge < -0.3 is 10.6 Å². The van der Waals surface area contributed by atoms with Crippen LogP contribution in [-0.4, -0.2) is 18.4 Å². The molecule has 1 aliphatic rings. The summed E-state index contributed by atoms with van der Waals surface area (Å²) in [5.74, 6) is -1.25. The average molecular weight is 271 g/mol. The van der Waals surface area contributed by atoms with Crippen molar-refractivity contribution in [2.45, 2.75) is 12.8 Å². The number of anilines is 1. The summed E-state index contributed by atoms with van der Waals surface area (Å²) >= 11 is 5.62. The SMILES string of the molecule is O=C1CC(C(=O)Nc2ccc(F)c(Cl)c2)CCN1. The summed E-state index contributed by atoms with van der Waals surface area (Å²) in [5.41, 5.74) is 0.428. The Labute approximate surface area is 109 Å². The van der Waals surface area contributed by atoms with Crippen molar-refractivity contribution >= 4 is 29.1 Å². The second-order valence-corrected chi connectivity index (χ2v) is 4.57. The molecular weight excluding hydrogens is 259 g/mol. The normalized spacial score (nSPS) is 19.2. The van der Waals surface area contributed by atoms with E-state index in [1.54, 1.807) is 0 Å². The Bertz CT molecular complexity index is 493. The molecule has 2 amide bonds. The van der Waals surface area contributed by atoms with Gasteiger partial charge in [-0.25, -0.2) is 4.39 Å². The molecule has 1 atom stereocenters. The van der Waals surface area contributed by atoms with Gasteiger partial charge in [0.15, 0.2) is 0 Å². The van der Waals surface area contributed by atoms with Gasteiger partial charge in [-0.15, -0.1) is 0 Å². The topological polar surface area (TPSA) is 58.2 Å². The van der Waals surface area contributed by atoms with Crippen molar-refractivity contribution in [3.8, 4) is 0 Å². The molecule has 1 fully saturated rings. The minimum Gasteiger partial charge on any atom is -0.356 e. The lowest BCUT2D eigenvalue weighted by atomic mass is 9.96. The van der Waals surface area contributed by atoms with Crippen LogP contribution in [0.1, 0.15) is 12.8 Å². The van der Waals surface area contributed by atoms with Crippen molar-refractivity contribution in [3.63, 3.8) is 0 Å². The van der Waals surface area contributed by atoms with Crippen LogP contribution in [0.15, 0.2) is 18.2 Å². The van der Waals surface area contributed by atoms with Gasteiger partial charge in [0.05, 0.1) is 5.02 Å². The Hall–Kier alpha value is -1.62. The van der Waals surface area contributed by atoms with Crippen LogP contribution >= 0.6 is 11.6 Å². The summed E-state index contributed by atoms with van der Waals surface area (Å²) in [4.78, 5) is 23.0. The molecule has 0 bridgehead atoms. The van der Waals surface area contributed by atoms with Gasteiger partial charge in [0, 0.05) is 24.6 Å². The third-order valence-electron chi connectivity index (χ3n) is 2.80. The number of benzene rings is 1. The fourth-order valence-electron chi connectivity index (χ4n) is 1.83. The molecule has 1 unspecified atom stereocenters. The highest BCUT2D eigenvalue weighted by Gasteiger charge is 2.25. The molecule has 2 N–H and O–H groups in total. The van der Waals surface area contributed by atoms with Gasteiger partial charge in [0.2, 0.25) is 11.8 Å². The molecule has 1 aromatic rings. The van der Waals surface area contributed by atoms with Gasteiger partial charge in [0.1, 0.15) is 5.82 Å². The first-order valence-corrected chi connectivity index (χ1v) is 5.96. The van der Waals surface area contributed by atoms with Crippen molar-refractivity contribution < 1.29 is 14.0 Å². The molecule has 2 rings (SSSR count). The first-order chi connectivity index (χ1) is 8.56. The molecule has 0 aliphatic carbocycles. The summed E-state index contributed by atoms with van der Waals surface area (Å²) < 4.78 is 12.9. The quantitative estimate of drug-likeness (QED) is 0.863. The van der Waals surface area contributed by atoms with Crippen molar-refractivity contribution in [2.75, 3.05) is 11.9 Å². The van der Waals surface area contributed by atoms with Crippen LogP contribution in [0, 0.1) is 11.7 Å². The molecule has 96 valence electrons. The number of rotatable bonds is 2. The average Bonchev–Trinajstić information content (AvgIpc) is 2.34. The van der Waals surface area contributed by atoms with Crippen LogP contribution in [0.5, 0.6) is 0 Å². The zero-order valence-electron chi connectivity index (χ0n) is 9.50. The molecule has 18 heavy (non-hydrogen) atoms. The highest BCUT2D eigenvalue weighted by Crippen LogP contribution is 2.21. The minimum absolute atomic E-state index is 0.0470. The van der Waals surface area contributed by atoms with E-state index in [-0.39, 0.29) is 29.2 Å². The third-order valence-corrected chi connectivity index (χ3v) is 3.09. The Morgan fingerprint density at radius 3 is 2.94 bits per heavy atom. The maximum atomic E-state index is 12.9. The van der Waals surface area contributed by atoms with E-state index in [1.165, 1.54) is 18.2 Å². The van der Waals surface area contributed by atoms with E-state index in [0.717, 1.165) is 0 Å². The number of amides is 2. The zero-order chi connectivity index (χ0) is 13.1.